The molecule has 1 unspecified atom stereocenters. The predicted molar refractivity (Wildman–Crippen MR) is 86.0 cm³/mol. The average molecular weight is 329 g/mol. The first kappa shape index (κ1) is 16.2. The minimum Gasteiger partial charge on any atom is -0.392 e. The average Bonchev–Trinajstić information content (AvgIpc) is 2.45. The van der Waals surface area contributed by atoms with Crippen molar-refractivity contribution in [3.8, 4) is 0 Å². The predicted octanol–water partition coefficient (Wildman–Crippen LogP) is 3.44. The van der Waals surface area contributed by atoms with E-state index in [2.05, 4.69) is 5.32 Å². The van der Waals surface area contributed by atoms with Crippen LogP contribution in [0.25, 0.3) is 0 Å². The van der Waals surface area contributed by atoms with E-state index in [4.69, 9.17) is 29.6 Å². The standard InChI is InChI=1S/C15H18ClFN2OS/c16-10-6-7-11(12(17)8-10)15(20)19-13(14(18)21)9-4-2-1-3-5-9/h6-9,13H,1-5H2,(H2,18,21)(H,19,20). The molecule has 1 fully saturated rings. The van der Waals surface area contributed by atoms with Gasteiger partial charge in [-0.1, -0.05) is 43.1 Å². The van der Waals surface area contributed by atoms with Gasteiger partial charge in [-0.15, -0.1) is 0 Å². The summed E-state index contributed by atoms with van der Waals surface area (Å²) in [5.74, 6) is -0.923. The lowest BCUT2D eigenvalue weighted by Gasteiger charge is -2.30. The van der Waals surface area contributed by atoms with E-state index in [0.29, 0.717) is 0 Å². The molecule has 0 aromatic heterocycles. The van der Waals surface area contributed by atoms with Gasteiger partial charge in [0.1, 0.15) is 5.82 Å². The van der Waals surface area contributed by atoms with E-state index >= 15 is 0 Å². The summed E-state index contributed by atoms with van der Waals surface area (Å²) in [7, 11) is 0. The van der Waals surface area contributed by atoms with Gasteiger partial charge in [-0.2, -0.15) is 0 Å². The molecule has 0 radical (unpaired) electrons. The quantitative estimate of drug-likeness (QED) is 0.832. The summed E-state index contributed by atoms with van der Waals surface area (Å²) >= 11 is 10.8. The second kappa shape index (κ2) is 7.18. The number of hydrogen-bond donors (Lipinski definition) is 2. The van der Waals surface area contributed by atoms with E-state index in [0.717, 1.165) is 31.7 Å². The van der Waals surface area contributed by atoms with Crippen molar-refractivity contribution in [2.75, 3.05) is 0 Å². The molecule has 3 N–H and O–H groups in total. The lowest BCUT2D eigenvalue weighted by molar-refractivity contribution is 0.0928. The molecule has 0 heterocycles. The summed E-state index contributed by atoms with van der Waals surface area (Å²) in [6.07, 6.45) is 5.36. The maximum absolute atomic E-state index is 13.8. The van der Waals surface area contributed by atoms with E-state index in [1.54, 1.807) is 0 Å². The van der Waals surface area contributed by atoms with Gasteiger partial charge in [-0.3, -0.25) is 4.79 Å². The summed E-state index contributed by atoms with van der Waals surface area (Å²) in [6.45, 7) is 0. The van der Waals surface area contributed by atoms with Crippen LogP contribution < -0.4 is 11.1 Å². The monoisotopic (exact) mass is 328 g/mol. The minimum atomic E-state index is -0.648. The zero-order chi connectivity index (χ0) is 15.4. The molecule has 1 aliphatic rings. The number of rotatable bonds is 4. The highest BCUT2D eigenvalue weighted by Gasteiger charge is 2.28. The summed E-state index contributed by atoms with van der Waals surface area (Å²) in [4.78, 5) is 12.5. The van der Waals surface area contributed by atoms with Gasteiger partial charge in [0.05, 0.1) is 16.6 Å². The summed E-state index contributed by atoms with van der Waals surface area (Å²) in [6, 6.07) is 3.58. The number of carbonyl (C=O) groups excluding carboxylic acids is 1. The molecule has 1 amide bonds. The van der Waals surface area contributed by atoms with Crippen LogP contribution in [0.2, 0.25) is 5.02 Å². The molecular formula is C15H18ClFN2OS. The molecule has 1 atom stereocenters. The Morgan fingerprint density at radius 3 is 2.62 bits per heavy atom. The van der Waals surface area contributed by atoms with Crippen LogP contribution in [0.5, 0.6) is 0 Å². The zero-order valence-electron chi connectivity index (χ0n) is 11.6. The van der Waals surface area contributed by atoms with Crippen LogP contribution in [-0.2, 0) is 0 Å². The van der Waals surface area contributed by atoms with Crippen LogP contribution in [0, 0.1) is 11.7 Å². The molecule has 1 aromatic rings. The van der Waals surface area contributed by atoms with Crippen LogP contribution >= 0.6 is 23.8 Å². The fourth-order valence-electron chi connectivity index (χ4n) is 2.78. The number of nitrogens with two attached hydrogens (primary N) is 1. The first-order chi connectivity index (χ1) is 9.99. The Morgan fingerprint density at radius 2 is 2.05 bits per heavy atom. The lowest BCUT2D eigenvalue weighted by atomic mass is 9.83. The van der Waals surface area contributed by atoms with Crippen molar-refractivity contribution < 1.29 is 9.18 Å². The molecule has 6 heteroatoms. The first-order valence-electron chi connectivity index (χ1n) is 7.04. The van der Waals surface area contributed by atoms with Crippen LogP contribution in [0.3, 0.4) is 0 Å². The zero-order valence-corrected chi connectivity index (χ0v) is 13.1. The van der Waals surface area contributed by atoms with E-state index < -0.39 is 11.7 Å². The number of nitrogens with one attached hydrogen (secondary N) is 1. The third kappa shape index (κ3) is 4.14. The number of carbonyl (C=O) groups is 1. The number of amides is 1. The summed E-state index contributed by atoms with van der Waals surface area (Å²) in [5, 5.41) is 3.03. The van der Waals surface area contributed by atoms with Gasteiger partial charge in [-0.25, -0.2) is 4.39 Å². The van der Waals surface area contributed by atoms with Crippen LogP contribution in [0.1, 0.15) is 42.5 Å². The fraction of sp³-hybridized carbons (Fsp3) is 0.467. The normalized spacial score (nSPS) is 17.2. The molecule has 1 saturated carbocycles. The van der Waals surface area contributed by atoms with Crippen LogP contribution in [0.4, 0.5) is 4.39 Å². The van der Waals surface area contributed by atoms with Crippen LogP contribution in [-0.4, -0.2) is 16.9 Å². The van der Waals surface area contributed by atoms with E-state index in [-0.39, 0.29) is 27.5 Å². The third-order valence-corrected chi connectivity index (χ3v) is 4.38. The topological polar surface area (TPSA) is 55.1 Å². The Hall–Kier alpha value is -1.20. The Kier molecular flexibility index (Phi) is 5.53. The molecule has 114 valence electrons. The van der Waals surface area contributed by atoms with E-state index in [1.807, 2.05) is 0 Å². The van der Waals surface area contributed by atoms with E-state index in [1.165, 1.54) is 18.6 Å². The van der Waals surface area contributed by atoms with Crippen molar-refractivity contribution in [1.82, 2.24) is 5.32 Å². The van der Waals surface area contributed by atoms with Gasteiger partial charge in [0, 0.05) is 5.02 Å². The van der Waals surface area contributed by atoms with Crippen molar-refractivity contribution >= 4 is 34.7 Å². The summed E-state index contributed by atoms with van der Waals surface area (Å²) in [5.41, 5.74) is 5.71. The van der Waals surface area contributed by atoms with Crippen molar-refractivity contribution in [3.05, 3.63) is 34.6 Å². The molecule has 2 rings (SSSR count). The van der Waals surface area contributed by atoms with Crippen molar-refractivity contribution in [3.63, 3.8) is 0 Å². The van der Waals surface area contributed by atoms with Gasteiger partial charge in [0.25, 0.3) is 5.91 Å². The molecule has 3 nitrogen and oxygen atoms in total. The van der Waals surface area contributed by atoms with Crippen molar-refractivity contribution in [2.24, 2.45) is 11.7 Å². The van der Waals surface area contributed by atoms with Gasteiger partial charge in [0.15, 0.2) is 0 Å². The maximum atomic E-state index is 13.8. The molecule has 0 bridgehead atoms. The Morgan fingerprint density at radius 1 is 1.38 bits per heavy atom. The molecular weight excluding hydrogens is 311 g/mol. The highest BCUT2D eigenvalue weighted by molar-refractivity contribution is 7.80. The number of halogens is 2. The van der Waals surface area contributed by atoms with Crippen molar-refractivity contribution in [2.45, 2.75) is 38.1 Å². The van der Waals surface area contributed by atoms with Gasteiger partial charge in [0.2, 0.25) is 0 Å². The Bertz CT molecular complexity index is 546. The van der Waals surface area contributed by atoms with Gasteiger partial charge >= 0.3 is 0 Å². The van der Waals surface area contributed by atoms with E-state index in [9.17, 15) is 9.18 Å². The Balaban J connectivity index is 2.12. The van der Waals surface area contributed by atoms with Gasteiger partial charge < -0.3 is 11.1 Å². The highest BCUT2D eigenvalue weighted by atomic mass is 35.5. The van der Waals surface area contributed by atoms with Gasteiger partial charge in [-0.05, 0) is 37.0 Å². The van der Waals surface area contributed by atoms with Crippen LogP contribution in [0.15, 0.2) is 18.2 Å². The maximum Gasteiger partial charge on any atom is 0.254 e. The summed E-state index contributed by atoms with van der Waals surface area (Å²) < 4.78 is 13.8. The molecule has 21 heavy (non-hydrogen) atoms. The molecule has 0 saturated heterocycles. The molecule has 0 aliphatic heterocycles. The lowest BCUT2D eigenvalue weighted by Crippen LogP contribution is -2.49. The SMILES string of the molecule is NC(=S)C(NC(=O)c1ccc(Cl)cc1F)C1CCCCC1. The molecule has 1 aromatic carbocycles. The third-order valence-electron chi connectivity index (χ3n) is 3.89. The fourth-order valence-corrected chi connectivity index (χ4v) is 3.19. The largest absolute Gasteiger partial charge is 0.392 e. The van der Waals surface area contributed by atoms with Crippen molar-refractivity contribution in [1.29, 1.82) is 0 Å². The Labute approximate surface area is 134 Å². The number of benzene rings is 1. The molecule has 0 spiro atoms. The number of thiocarbonyl (C=S) groups is 1. The number of hydrogen-bond acceptors (Lipinski definition) is 2. The second-order valence-corrected chi connectivity index (χ2v) is 6.28. The molecule has 1 aliphatic carbocycles. The minimum absolute atomic E-state index is 0.0449. The second-order valence-electron chi connectivity index (χ2n) is 5.38. The highest BCUT2D eigenvalue weighted by Crippen LogP contribution is 2.27. The first-order valence-corrected chi connectivity index (χ1v) is 7.83. The smallest absolute Gasteiger partial charge is 0.254 e.